The van der Waals surface area contributed by atoms with Crippen LogP contribution in [0.1, 0.15) is 17.3 Å². The minimum Gasteiger partial charge on any atom is -0.449 e. The molecule has 0 aromatic heterocycles. The van der Waals surface area contributed by atoms with Gasteiger partial charge >= 0.3 is 5.97 Å². The van der Waals surface area contributed by atoms with E-state index in [-0.39, 0.29) is 5.91 Å². The van der Waals surface area contributed by atoms with Crippen molar-refractivity contribution in [3.8, 4) is 0 Å². The third-order valence-electron chi connectivity index (χ3n) is 3.10. The number of carbonyl (C=O) groups excluding carboxylic acids is 2. The average molecular weight is 278 g/mol. The van der Waals surface area contributed by atoms with Crippen LogP contribution >= 0.6 is 0 Å². The average Bonchev–Trinajstić information content (AvgIpc) is 2.48. The molecular formula is C14H18N2O4. The molecule has 6 heteroatoms. The van der Waals surface area contributed by atoms with Crippen molar-refractivity contribution >= 4 is 17.6 Å². The van der Waals surface area contributed by atoms with E-state index in [1.165, 1.54) is 0 Å². The molecule has 1 aromatic rings. The summed E-state index contributed by atoms with van der Waals surface area (Å²) in [6, 6.07) is 6.38. The first-order chi connectivity index (χ1) is 9.58. The standard InChI is InChI=1S/C14H18N2O4/c1-10(13(17)16-6-8-19-9-7-16)20-14(18)11-2-4-12(15)5-3-11/h2-5,10H,6-9,15H2,1H3. The van der Waals surface area contributed by atoms with Crippen molar-refractivity contribution in [2.45, 2.75) is 13.0 Å². The highest BCUT2D eigenvalue weighted by Crippen LogP contribution is 2.10. The number of carbonyl (C=O) groups is 2. The zero-order valence-corrected chi connectivity index (χ0v) is 11.4. The molecule has 0 spiro atoms. The van der Waals surface area contributed by atoms with Gasteiger partial charge in [-0.15, -0.1) is 0 Å². The van der Waals surface area contributed by atoms with Crippen molar-refractivity contribution in [1.82, 2.24) is 4.90 Å². The highest BCUT2D eigenvalue weighted by molar-refractivity contribution is 5.92. The number of amides is 1. The predicted molar refractivity (Wildman–Crippen MR) is 73.1 cm³/mol. The number of morpholine rings is 1. The van der Waals surface area contributed by atoms with Crippen LogP contribution < -0.4 is 5.73 Å². The first-order valence-electron chi connectivity index (χ1n) is 6.51. The van der Waals surface area contributed by atoms with Gasteiger partial charge in [-0.05, 0) is 31.2 Å². The van der Waals surface area contributed by atoms with Crippen LogP contribution in [-0.2, 0) is 14.3 Å². The fraction of sp³-hybridized carbons (Fsp3) is 0.429. The largest absolute Gasteiger partial charge is 0.449 e. The first-order valence-corrected chi connectivity index (χ1v) is 6.51. The molecule has 0 aliphatic carbocycles. The third kappa shape index (κ3) is 3.48. The summed E-state index contributed by atoms with van der Waals surface area (Å²) in [4.78, 5) is 25.6. The number of hydrogen-bond donors (Lipinski definition) is 1. The second kappa shape index (κ2) is 6.38. The van der Waals surface area contributed by atoms with Gasteiger partial charge in [0.25, 0.3) is 5.91 Å². The zero-order valence-electron chi connectivity index (χ0n) is 11.4. The summed E-state index contributed by atoms with van der Waals surface area (Å²) in [5.74, 6) is -0.726. The van der Waals surface area contributed by atoms with Gasteiger partial charge in [-0.1, -0.05) is 0 Å². The topological polar surface area (TPSA) is 81.9 Å². The summed E-state index contributed by atoms with van der Waals surface area (Å²) < 4.78 is 10.4. The van der Waals surface area contributed by atoms with Gasteiger partial charge in [-0.25, -0.2) is 4.79 Å². The summed E-state index contributed by atoms with van der Waals surface area (Å²) in [7, 11) is 0. The van der Waals surface area contributed by atoms with E-state index in [1.807, 2.05) is 0 Å². The molecule has 1 amide bonds. The number of rotatable bonds is 3. The fourth-order valence-corrected chi connectivity index (χ4v) is 1.94. The lowest BCUT2D eigenvalue weighted by atomic mass is 10.2. The van der Waals surface area contributed by atoms with Crippen molar-refractivity contribution in [3.63, 3.8) is 0 Å². The Morgan fingerprint density at radius 3 is 2.45 bits per heavy atom. The Bertz CT molecular complexity index is 480. The van der Waals surface area contributed by atoms with E-state index >= 15 is 0 Å². The van der Waals surface area contributed by atoms with Gasteiger partial charge in [0.1, 0.15) is 0 Å². The Labute approximate surface area is 117 Å². The van der Waals surface area contributed by atoms with Crippen LogP contribution in [0.15, 0.2) is 24.3 Å². The van der Waals surface area contributed by atoms with E-state index in [2.05, 4.69) is 0 Å². The second-order valence-corrected chi connectivity index (χ2v) is 4.61. The molecule has 1 atom stereocenters. The van der Waals surface area contributed by atoms with Crippen molar-refractivity contribution in [2.75, 3.05) is 32.0 Å². The maximum absolute atomic E-state index is 12.1. The summed E-state index contributed by atoms with van der Waals surface area (Å²) in [6.07, 6.45) is -0.807. The molecule has 0 saturated carbocycles. The molecule has 1 heterocycles. The molecule has 0 bridgehead atoms. The van der Waals surface area contributed by atoms with E-state index in [4.69, 9.17) is 15.2 Å². The molecule has 1 aliphatic heterocycles. The molecule has 1 aliphatic rings. The predicted octanol–water partition coefficient (Wildman–Crippen LogP) is 0.673. The van der Waals surface area contributed by atoms with Crippen molar-refractivity contribution in [2.24, 2.45) is 0 Å². The fourth-order valence-electron chi connectivity index (χ4n) is 1.94. The zero-order chi connectivity index (χ0) is 14.5. The summed E-state index contributed by atoms with van der Waals surface area (Å²) >= 11 is 0. The Morgan fingerprint density at radius 1 is 1.25 bits per heavy atom. The molecule has 2 rings (SSSR count). The van der Waals surface area contributed by atoms with Crippen LogP contribution in [0.3, 0.4) is 0 Å². The number of esters is 1. The number of nitrogens with zero attached hydrogens (tertiary/aromatic N) is 1. The minimum absolute atomic E-state index is 0.197. The number of anilines is 1. The molecule has 108 valence electrons. The van der Waals surface area contributed by atoms with Crippen LogP contribution in [0, 0.1) is 0 Å². The Kier molecular flexibility index (Phi) is 4.57. The normalized spacial score (nSPS) is 16.6. The van der Waals surface area contributed by atoms with Crippen LogP contribution in [0.4, 0.5) is 5.69 Å². The van der Waals surface area contributed by atoms with Crippen LogP contribution in [0.5, 0.6) is 0 Å². The van der Waals surface area contributed by atoms with Crippen molar-refractivity contribution in [1.29, 1.82) is 0 Å². The molecule has 1 aromatic carbocycles. The van der Waals surface area contributed by atoms with Crippen molar-refractivity contribution in [3.05, 3.63) is 29.8 Å². The van der Waals surface area contributed by atoms with E-state index in [0.717, 1.165) is 0 Å². The highest BCUT2D eigenvalue weighted by Gasteiger charge is 2.25. The molecule has 6 nitrogen and oxygen atoms in total. The molecule has 1 saturated heterocycles. The van der Waals surface area contributed by atoms with Crippen LogP contribution in [-0.4, -0.2) is 49.2 Å². The molecule has 1 fully saturated rings. The maximum Gasteiger partial charge on any atom is 0.338 e. The van der Waals surface area contributed by atoms with E-state index < -0.39 is 12.1 Å². The van der Waals surface area contributed by atoms with Gasteiger partial charge in [0.2, 0.25) is 0 Å². The Balaban J connectivity index is 1.92. The number of nitrogens with two attached hydrogens (primary N) is 1. The number of hydrogen-bond acceptors (Lipinski definition) is 5. The van der Waals surface area contributed by atoms with E-state index in [9.17, 15) is 9.59 Å². The van der Waals surface area contributed by atoms with Gasteiger partial charge in [0, 0.05) is 18.8 Å². The van der Waals surface area contributed by atoms with Crippen molar-refractivity contribution < 1.29 is 19.1 Å². The van der Waals surface area contributed by atoms with Gasteiger partial charge in [-0.2, -0.15) is 0 Å². The highest BCUT2D eigenvalue weighted by atomic mass is 16.5. The van der Waals surface area contributed by atoms with Crippen LogP contribution in [0.2, 0.25) is 0 Å². The summed E-state index contributed by atoms with van der Waals surface area (Å²) in [5, 5.41) is 0. The number of benzene rings is 1. The molecule has 1 unspecified atom stereocenters. The summed E-state index contributed by atoms with van der Waals surface area (Å²) in [6.45, 7) is 3.67. The van der Waals surface area contributed by atoms with Gasteiger partial charge in [0.05, 0.1) is 18.8 Å². The molecule has 2 N–H and O–H groups in total. The number of nitrogen functional groups attached to an aromatic ring is 1. The molecular weight excluding hydrogens is 260 g/mol. The van der Waals surface area contributed by atoms with Gasteiger partial charge in [0.15, 0.2) is 6.10 Å². The Hall–Kier alpha value is -2.08. The number of ether oxygens (including phenoxy) is 2. The third-order valence-corrected chi connectivity index (χ3v) is 3.10. The lowest BCUT2D eigenvalue weighted by molar-refractivity contribution is -0.143. The van der Waals surface area contributed by atoms with Gasteiger partial charge < -0.3 is 20.1 Å². The van der Waals surface area contributed by atoms with Gasteiger partial charge in [-0.3, -0.25) is 4.79 Å². The van der Waals surface area contributed by atoms with Crippen LogP contribution in [0.25, 0.3) is 0 Å². The smallest absolute Gasteiger partial charge is 0.338 e. The van der Waals surface area contributed by atoms with E-state index in [0.29, 0.717) is 37.6 Å². The lowest BCUT2D eigenvalue weighted by Crippen LogP contribution is -2.46. The first kappa shape index (κ1) is 14.3. The van der Waals surface area contributed by atoms with E-state index in [1.54, 1.807) is 36.1 Å². The minimum atomic E-state index is -0.807. The maximum atomic E-state index is 12.1. The molecule has 20 heavy (non-hydrogen) atoms. The lowest BCUT2D eigenvalue weighted by Gasteiger charge is -2.28. The SMILES string of the molecule is CC(OC(=O)c1ccc(N)cc1)C(=O)N1CCOCC1. The second-order valence-electron chi connectivity index (χ2n) is 4.61. The quantitative estimate of drug-likeness (QED) is 0.649. The Morgan fingerprint density at radius 2 is 1.85 bits per heavy atom. The molecule has 0 radical (unpaired) electrons. The monoisotopic (exact) mass is 278 g/mol. The summed E-state index contributed by atoms with van der Waals surface area (Å²) in [5.41, 5.74) is 6.49.